The van der Waals surface area contributed by atoms with Crippen LogP contribution in [-0.2, 0) is 16.0 Å². The quantitative estimate of drug-likeness (QED) is 0.250. The van der Waals surface area contributed by atoms with E-state index in [4.69, 9.17) is 18.9 Å². The predicted molar refractivity (Wildman–Crippen MR) is 142 cm³/mol. The lowest BCUT2D eigenvalue weighted by Gasteiger charge is -2.21. The van der Waals surface area contributed by atoms with Gasteiger partial charge in [-0.1, -0.05) is 45.4 Å². The lowest BCUT2D eigenvalue weighted by Crippen LogP contribution is -2.28. The minimum atomic E-state index is -0.962. The standard InChI is InChI=1S/C29H31NO6S/c1-5-6-20-15-22(29(32)33-4)10-13-24(20)36-27(21-9-14-25-26(16-21)35-17-34-25)28(31)30-37-23-11-7-19(8-12-23)18(2)3/h7-16,18,27H,5-6,17H2,1-4H3,(H,30,31). The van der Waals surface area contributed by atoms with E-state index in [-0.39, 0.29) is 12.7 Å². The molecule has 0 aliphatic carbocycles. The van der Waals surface area contributed by atoms with Crippen molar-refractivity contribution in [2.24, 2.45) is 0 Å². The van der Waals surface area contributed by atoms with Gasteiger partial charge in [0.1, 0.15) is 5.75 Å². The first kappa shape index (κ1) is 26.4. The maximum Gasteiger partial charge on any atom is 0.337 e. The van der Waals surface area contributed by atoms with Gasteiger partial charge in [0.15, 0.2) is 11.5 Å². The number of hydrogen-bond donors (Lipinski definition) is 1. The normalized spacial score (nSPS) is 12.8. The summed E-state index contributed by atoms with van der Waals surface area (Å²) in [7, 11) is 1.35. The molecule has 4 rings (SSSR count). The number of benzene rings is 3. The van der Waals surface area contributed by atoms with Gasteiger partial charge in [-0.15, -0.1) is 0 Å². The number of fused-ring (bicyclic) bond motifs is 1. The highest BCUT2D eigenvalue weighted by Crippen LogP contribution is 2.36. The van der Waals surface area contributed by atoms with Crippen LogP contribution in [0.15, 0.2) is 65.6 Å². The number of hydrogen-bond acceptors (Lipinski definition) is 7. The average Bonchev–Trinajstić information content (AvgIpc) is 3.39. The van der Waals surface area contributed by atoms with Gasteiger partial charge >= 0.3 is 5.97 Å². The third-order valence-corrected chi connectivity index (χ3v) is 6.81. The second-order valence-electron chi connectivity index (χ2n) is 8.97. The lowest BCUT2D eigenvalue weighted by atomic mass is 10.0. The van der Waals surface area contributed by atoms with Gasteiger partial charge in [-0.25, -0.2) is 4.79 Å². The van der Waals surface area contributed by atoms with Gasteiger partial charge in [-0.2, -0.15) is 0 Å². The molecule has 1 atom stereocenters. The summed E-state index contributed by atoms with van der Waals surface area (Å²) in [5, 5.41) is 0. The van der Waals surface area contributed by atoms with Crippen LogP contribution in [0.4, 0.5) is 0 Å². The molecular weight excluding hydrogens is 490 g/mol. The maximum atomic E-state index is 13.5. The van der Waals surface area contributed by atoms with Crippen molar-refractivity contribution < 1.29 is 28.5 Å². The molecule has 0 saturated carbocycles. The Kier molecular flexibility index (Phi) is 8.61. The molecule has 3 aromatic carbocycles. The van der Waals surface area contributed by atoms with E-state index in [2.05, 4.69) is 30.7 Å². The summed E-state index contributed by atoms with van der Waals surface area (Å²) in [6.45, 7) is 6.45. The van der Waals surface area contributed by atoms with Crippen molar-refractivity contribution in [2.75, 3.05) is 13.9 Å². The molecule has 0 saturated heterocycles. The molecule has 1 aliphatic rings. The number of esters is 1. The second-order valence-corrected chi connectivity index (χ2v) is 9.85. The zero-order chi connectivity index (χ0) is 26.4. The molecule has 0 aromatic heterocycles. The number of rotatable bonds is 10. The summed E-state index contributed by atoms with van der Waals surface area (Å²) in [5.41, 5.74) is 3.11. The van der Waals surface area contributed by atoms with E-state index in [1.54, 1.807) is 36.4 Å². The highest BCUT2D eigenvalue weighted by atomic mass is 32.2. The van der Waals surface area contributed by atoms with Crippen molar-refractivity contribution >= 4 is 23.8 Å². The van der Waals surface area contributed by atoms with Crippen molar-refractivity contribution in [1.29, 1.82) is 0 Å². The molecule has 8 heteroatoms. The van der Waals surface area contributed by atoms with Crippen LogP contribution in [0.2, 0.25) is 0 Å². The van der Waals surface area contributed by atoms with Gasteiger partial charge in [0.25, 0.3) is 5.91 Å². The maximum absolute atomic E-state index is 13.5. The Labute approximate surface area is 221 Å². The molecule has 0 bridgehead atoms. The molecule has 0 radical (unpaired) electrons. The third-order valence-electron chi connectivity index (χ3n) is 6.00. The first-order valence-electron chi connectivity index (χ1n) is 12.2. The average molecular weight is 522 g/mol. The van der Waals surface area contributed by atoms with Crippen molar-refractivity contribution in [3.63, 3.8) is 0 Å². The molecule has 194 valence electrons. The van der Waals surface area contributed by atoms with Crippen molar-refractivity contribution in [1.82, 2.24) is 4.72 Å². The number of ether oxygens (including phenoxy) is 4. The second kappa shape index (κ2) is 12.1. The van der Waals surface area contributed by atoms with Gasteiger partial charge in [0.05, 0.1) is 12.7 Å². The smallest absolute Gasteiger partial charge is 0.337 e. The van der Waals surface area contributed by atoms with Crippen LogP contribution in [0.3, 0.4) is 0 Å². The number of carbonyl (C=O) groups excluding carboxylic acids is 2. The van der Waals surface area contributed by atoms with Crippen LogP contribution in [0, 0.1) is 0 Å². The monoisotopic (exact) mass is 521 g/mol. The Hall–Kier alpha value is -3.65. The van der Waals surface area contributed by atoms with E-state index in [9.17, 15) is 9.59 Å². The minimum Gasteiger partial charge on any atom is -0.476 e. The zero-order valence-corrected chi connectivity index (χ0v) is 22.2. The Bertz CT molecular complexity index is 1260. The summed E-state index contributed by atoms with van der Waals surface area (Å²) in [6.07, 6.45) is 0.549. The summed E-state index contributed by atoms with van der Waals surface area (Å²) < 4.78 is 25.1. The predicted octanol–water partition coefficient (Wildman–Crippen LogP) is 6.22. The highest BCUT2D eigenvalue weighted by Gasteiger charge is 2.27. The molecule has 1 amide bonds. The Morgan fingerprint density at radius 3 is 2.41 bits per heavy atom. The minimum absolute atomic E-state index is 0.133. The molecule has 0 fully saturated rings. The van der Waals surface area contributed by atoms with Crippen LogP contribution in [-0.4, -0.2) is 25.8 Å². The van der Waals surface area contributed by atoms with Crippen molar-refractivity contribution in [3.05, 3.63) is 82.9 Å². The number of nitrogens with one attached hydrogen (secondary N) is 1. The van der Waals surface area contributed by atoms with Gasteiger partial charge in [0.2, 0.25) is 12.9 Å². The number of aryl methyl sites for hydroxylation is 1. The number of carbonyl (C=O) groups is 2. The summed E-state index contributed by atoms with van der Waals surface area (Å²) in [6, 6.07) is 18.5. The zero-order valence-electron chi connectivity index (χ0n) is 21.4. The van der Waals surface area contributed by atoms with E-state index in [0.717, 1.165) is 16.9 Å². The molecular formula is C29H31NO6S. The lowest BCUT2D eigenvalue weighted by molar-refractivity contribution is -0.126. The molecule has 1 unspecified atom stereocenters. The molecule has 3 aromatic rings. The van der Waals surface area contributed by atoms with Crippen LogP contribution >= 0.6 is 11.9 Å². The summed E-state index contributed by atoms with van der Waals surface area (Å²) >= 11 is 1.24. The van der Waals surface area contributed by atoms with Gasteiger partial charge < -0.3 is 18.9 Å². The SMILES string of the molecule is CCCc1cc(C(=O)OC)ccc1OC(C(=O)NSc1ccc(C(C)C)cc1)c1ccc2c(c1)OCO2. The van der Waals surface area contributed by atoms with E-state index >= 15 is 0 Å². The highest BCUT2D eigenvalue weighted by molar-refractivity contribution is 7.98. The largest absolute Gasteiger partial charge is 0.476 e. The van der Waals surface area contributed by atoms with Crippen LogP contribution in [0.5, 0.6) is 17.2 Å². The fourth-order valence-corrected chi connectivity index (χ4v) is 4.56. The number of amides is 1. The first-order chi connectivity index (χ1) is 17.9. The molecule has 7 nitrogen and oxygen atoms in total. The van der Waals surface area contributed by atoms with E-state index in [1.165, 1.54) is 24.6 Å². The van der Waals surface area contributed by atoms with Crippen LogP contribution < -0.4 is 18.9 Å². The molecule has 0 spiro atoms. The van der Waals surface area contributed by atoms with E-state index < -0.39 is 12.1 Å². The van der Waals surface area contributed by atoms with E-state index in [1.807, 2.05) is 19.1 Å². The third kappa shape index (κ3) is 6.38. The molecule has 37 heavy (non-hydrogen) atoms. The number of methoxy groups -OCH3 is 1. The van der Waals surface area contributed by atoms with E-state index in [0.29, 0.717) is 40.7 Å². The molecule has 1 heterocycles. The van der Waals surface area contributed by atoms with Crippen molar-refractivity contribution in [3.8, 4) is 17.2 Å². The fourth-order valence-electron chi connectivity index (χ4n) is 3.96. The topological polar surface area (TPSA) is 83.1 Å². The van der Waals surface area contributed by atoms with Crippen molar-refractivity contribution in [2.45, 2.75) is 50.5 Å². The summed E-state index contributed by atoms with van der Waals surface area (Å²) in [5.74, 6) is 1.39. The Morgan fingerprint density at radius 2 is 1.70 bits per heavy atom. The Balaban J connectivity index is 1.60. The first-order valence-corrected chi connectivity index (χ1v) is 13.0. The fraction of sp³-hybridized carbons (Fsp3) is 0.310. The van der Waals surface area contributed by atoms with Crippen LogP contribution in [0.25, 0.3) is 0 Å². The van der Waals surface area contributed by atoms with Gasteiger partial charge in [0, 0.05) is 10.5 Å². The van der Waals surface area contributed by atoms with Gasteiger partial charge in [-0.3, -0.25) is 9.52 Å². The Morgan fingerprint density at radius 1 is 0.973 bits per heavy atom. The van der Waals surface area contributed by atoms with Gasteiger partial charge in [-0.05, 0) is 77.9 Å². The molecule has 1 N–H and O–H groups in total. The molecule has 1 aliphatic heterocycles. The van der Waals surface area contributed by atoms with Crippen LogP contribution in [0.1, 0.15) is 66.3 Å². The summed E-state index contributed by atoms with van der Waals surface area (Å²) in [4.78, 5) is 26.5.